The van der Waals surface area contributed by atoms with Gasteiger partial charge in [-0.15, -0.1) is 0 Å². The van der Waals surface area contributed by atoms with Gasteiger partial charge in [0.25, 0.3) is 0 Å². The van der Waals surface area contributed by atoms with Crippen LogP contribution < -0.4 is 9.64 Å². The van der Waals surface area contributed by atoms with Crippen molar-refractivity contribution in [2.24, 2.45) is 0 Å². The SMILES string of the molecule is COc1ccc2sc(N(CCN3CCOCC3)C(=O)Cc3ccccc3Cl)nc2c1. The number of aromatic nitrogens is 1. The minimum absolute atomic E-state index is 0.0117. The van der Waals surface area contributed by atoms with Crippen molar-refractivity contribution >= 4 is 44.2 Å². The second-order valence-electron chi connectivity index (χ2n) is 7.10. The molecule has 2 heterocycles. The summed E-state index contributed by atoms with van der Waals surface area (Å²) in [5, 5.41) is 1.30. The zero-order valence-corrected chi connectivity index (χ0v) is 18.4. The average molecular weight is 446 g/mol. The highest BCUT2D eigenvalue weighted by atomic mass is 35.5. The third-order valence-corrected chi connectivity index (χ3v) is 6.59. The third kappa shape index (κ3) is 4.92. The van der Waals surface area contributed by atoms with Gasteiger partial charge >= 0.3 is 0 Å². The molecule has 0 spiro atoms. The van der Waals surface area contributed by atoms with Gasteiger partial charge in [-0.25, -0.2) is 4.98 Å². The number of methoxy groups -OCH3 is 1. The highest BCUT2D eigenvalue weighted by molar-refractivity contribution is 7.22. The summed E-state index contributed by atoms with van der Waals surface area (Å²) in [5.74, 6) is 0.740. The van der Waals surface area contributed by atoms with E-state index in [1.165, 1.54) is 11.3 Å². The molecule has 1 aliphatic heterocycles. The van der Waals surface area contributed by atoms with E-state index in [4.69, 9.17) is 26.1 Å². The summed E-state index contributed by atoms with van der Waals surface area (Å²) < 4.78 is 11.8. The molecule has 6 nitrogen and oxygen atoms in total. The van der Waals surface area contributed by atoms with Gasteiger partial charge in [0.05, 0.1) is 37.0 Å². The van der Waals surface area contributed by atoms with Crippen LogP contribution in [-0.4, -0.2) is 62.3 Å². The Bertz CT molecular complexity index is 1020. The van der Waals surface area contributed by atoms with Crippen LogP contribution in [0.1, 0.15) is 5.56 Å². The smallest absolute Gasteiger partial charge is 0.233 e. The maximum Gasteiger partial charge on any atom is 0.233 e. The predicted molar refractivity (Wildman–Crippen MR) is 121 cm³/mol. The highest BCUT2D eigenvalue weighted by Crippen LogP contribution is 2.31. The number of carbonyl (C=O) groups is 1. The fraction of sp³-hybridized carbons (Fsp3) is 0.364. The molecular weight excluding hydrogens is 422 g/mol. The summed E-state index contributed by atoms with van der Waals surface area (Å²) in [6.45, 7) is 4.56. The maximum atomic E-state index is 13.3. The number of thiazole rings is 1. The van der Waals surface area contributed by atoms with Gasteiger partial charge in [0, 0.05) is 37.3 Å². The van der Waals surface area contributed by atoms with E-state index < -0.39 is 0 Å². The molecule has 0 saturated carbocycles. The number of ether oxygens (including phenoxy) is 2. The van der Waals surface area contributed by atoms with Gasteiger partial charge in [-0.3, -0.25) is 14.6 Å². The van der Waals surface area contributed by atoms with Gasteiger partial charge in [0.2, 0.25) is 5.91 Å². The van der Waals surface area contributed by atoms with Crippen LogP contribution in [-0.2, 0) is 16.0 Å². The van der Waals surface area contributed by atoms with Crippen LogP contribution in [0.15, 0.2) is 42.5 Å². The molecule has 1 saturated heterocycles. The number of anilines is 1. The van der Waals surface area contributed by atoms with E-state index in [1.807, 2.05) is 42.5 Å². The molecule has 2 aromatic carbocycles. The fourth-order valence-corrected chi connectivity index (χ4v) is 4.62. The van der Waals surface area contributed by atoms with E-state index in [2.05, 4.69) is 4.90 Å². The molecular formula is C22H24ClN3O3S. The summed E-state index contributed by atoms with van der Waals surface area (Å²) in [7, 11) is 1.64. The van der Waals surface area contributed by atoms with Crippen molar-refractivity contribution in [2.45, 2.75) is 6.42 Å². The monoisotopic (exact) mass is 445 g/mol. The lowest BCUT2D eigenvalue weighted by Crippen LogP contribution is -2.43. The highest BCUT2D eigenvalue weighted by Gasteiger charge is 2.22. The Balaban J connectivity index is 1.58. The Morgan fingerprint density at radius 3 is 2.83 bits per heavy atom. The molecule has 0 radical (unpaired) electrons. The number of morpholine rings is 1. The topological polar surface area (TPSA) is 54.9 Å². The molecule has 0 atom stereocenters. The number of amides is 1. The van der Waals surface area contributed by atoms with Crippen LogP contribution in [0, 0.1) is 0 Å². The van der Waals surface area contributed by atoms with Gasteiger partial charge in [-0.1, -0.05) is 41.1 Å². The largest absolute Gasteiger partial charge is 0.497 e. The lowest BCUT2D eigenvalue weighted by atomic mass is 10.1. The molecule has 1 fully saturated rings. The van der Waals surface area contributed by atoms with E-state index in [-0.39, 0.29) is 12.3 Å². The van der Waals surface area contributed by atoms with Crippen molar-refractivity contribution in [3.8, 4) is 5.75 Å². The van der Waals surface area contributed by atoms with Crippen LogP contribution in [0.3, 0.4) is 0 Å². The molecule has 0 bridgehead atoms. The number of fused-ring (bicyclic) bond motifs is 1. The standard InChI is InChI=1S/C22H24ClN3O3S/c1-28-17-6-7-20-19(15-17)24-22(30-20)26(9-8-25-10-12-29-13-11-25)21(27)14-16-4-2-3-5-18(16)23/h2-7,15H,8-14H2,1H3. The second kappa shape index (κ2) is 9.75. The van der Waals surface area contributed by atoms with Crippen molar-refractivity contribution in [3.63, 3.8) is 0 Å². The summed E-state index contributed by atoms with van der Waals surface area (Å²) >= 11 is 7.81. The second-order valence-corrected chi connectivity index (χ2v) is 8.51. The van der Waals surface area contributed by atoms with Crippen molar-refractivity contribution in [1.29, 1.82) is 0 Å². The molecule has 30 heavy (non-hydrogen) atoms. The molecule has 8 heteroatoms. The summed E-state index contributed by atoms with van der Waals surface area (Å²) in [4.78, 5) is 22.1. The Morgan fingerprint density at radius 2 is 2.07 bits per heavy atom. The Labute approximate surface area is 185 Å². The lowest BCUT2D eigenvalue weighted by molar-refractivity contribution is -0.118. The Morgan fingerprint density at radius 1 is 1.27 bits per heavy atom. The van der Waals surface area contributed by atoms with Gasteiger partial charge in [0.15, 0.2) is 5.13 Å². The van der Waals surface area contributed by atoms with E-state index in [0.717, 1.165) is 54.4 Å². The third-order valence-electron chi connectivity index (χ3n) is 5.16. The van der Waals surface area contributed by atoms with Crippen molar-refractivity contribution in [1.82, 2.24) is 9.88 Å². The zero-order chi connectivity index (χ0) is 20.9. The molecule has 1 aliphatic rings. The van der Waals surface area contributed by atoms with Gasteiger partial charge < -0.3 is 9.47 Å². The van der Waals surface area contributed by atoms with Gasteiger partial charge in [0.1, 0.15) is 5.75 Å². The van der Waals surface area contributed by atoms with Crippen LogP contribution >= 0.6 is 22.9 Å². The number of hydrogen-bond donors (Lipinski definition) is 0. The molecule has 1 amide bonds. The van der Waals surface area contributed by atoms with E-state index in [9.17, 15) is 4.79 Å². The number of halogens is 1. The van der Waals surface area contributed by atoms with Crippen LogP contribution in [0.4, 0.5) is 5.13 Å². The predicted octanol–water partition coefficient (Wildman–Crippen LogP) is 3.87. The lowest BCUT2D eigenvalue weighted by Gasteiger charge is -2.29. The van der Waals surface area contributed by atoms with Crippen molar-refractivity contribution in [2.75, 3.05) is 51.4 Å². The summed E-state index contributed by atoms with van der Waals surface area (Å²) in [6, 6.07) is 13.3. The molecule has 3 aromatic rings. The Hall–Kier alpha value is -2.19. The first kappa shape index (κ1) is 21.1. The van der Waals surface area contributed by atoms with Crippen molar-refractivity contribution < 1.29 is 14.3 Å². The number of hydrogen-bond acceptors (Lipinski definition) is 6. The fourth-order valence-electron chi connectivity index (χ4n) is 3.43. The first-order valence-electron chi connectivity index (χ1n) is 9.92. The summed E-state index contributed by atoms with van der Waals surface area (Å²) in [6.07, 6.45) is 0.238. The number of benzene rings is 2. The van der Waals surface area contributed by atoms with Crippen LogP contribution in [0.5, 0.6) is 5.75 Å². The normalized spacial score (nSPS) is 14.7. The first-order chi connectivity index (χ1) is 14.6. The van der Waals surface area contributed by atoms with E-state index >= 15 is 0 Å². The van der Waals surface area contributed by atoms with Gasteiger partial charge in [-0.05, 0) is 23.8 Å². The zero-order valence-electron chi connectivity index (χ0n) is 16.8. The molecule has 0 aliphatic carbocycles. The number of carbonyl (C=O) groups excluding carboxylic acids is 1. The first-order valence-corrected chi connectivity index (χ1v) is 11.1. The molecule has 0 unspecified atom stereocenters. The summed E-state index contributed by atoms with van der Waals surface area (Å²) in [5.41, 5.74) is 1.65. The average Bonchev–Trinajstić information content (AvgIpc) is 3.19. The molecule has 4 rings (SSSR count). The van der Waals surface area contributed by atoms with Crippen molar-refractivity contribution in [3.05, 3.63) is 53.1 Å². The number of rotatable bonds is 7. The molecule has 158 valence electrons. The van der Waals surface area contributed by atoms with Crippen LogP contribution in [0.2, 0.25) is 5.02 Å². The Kier molecular flexibility index (Phi) is 6.84. The van der Waals surface area contributed by atoms with E-state index in [0.29, 0.717) is 16.7 Å². The maximum absolute atomic E-state index is 13.3. The number of nitrogens with zero attached hydrogens (tertiary/aromatic N) is 3. The molecule has 0 N–H and O–H groups in total. The van der Waals surface area contributed by atoms with E-state index in [1.54, 1.807) is 12.0 Å². The van der Waals surface area contributed by atoms with Gasteiger partial charge in [-0.2, -0.15) is 0 Å². The quantitative estimate of drug-likeness (QED) is 0.552. The minimum atomic E-state index is -0.0117. The molecule has 1 aromatic heterocycles. The van der Waals surface area contributed by atoms with Crippen LogP contribution in [0.25, 0.3) is 10.2 Å². The minimum Gasteiger partial charge on any atom is -0.497 e.